The number of nitrogens with zero attached hydrogens (tertiary/aromatic N) is 3. The van der Waals surface area contributed by atoms with Crippen LogP contribution >= 0.6 is 0 Å². The zero-order valence-electron chi connectivity index (χ0n) is 12.3. The lowest BCUT2D eigenvalue weighted by atomic mass is 10.0. The minimum absolute atomic E-state index is 0.0753. The summed E-state index contributed by atoms with van der Waals surface area (Å²) in [5, 5.41) is 0. The van der Waals surface area contributed by atoms with Gasteiger partial charge < -0.3 is 9.72 Å². The van der Waals surface area contributed by atoms with Crippen LogP contribution in [0.2, 0.25) is 0 Å². The highest BCUT2D eigenvalue weighted by atomic mass is 16.5. The van der Waals surface area contributed by atoms with Crippen molar-refractivity contribution in [2.24, 2.45) is 5.92 Å². The molecular weight excluding hydrogens is 256 g/mol. The Morgan fingerprint density at radius 1 is 1.40 bits per heavy atom. The number of H-pyrrole nitrogens is 1. The summed E-state index contributed by atoms with van der Waals surface area (Å²) in [6, 6.07) is 0. The Kier molecular flexibility index (Phi) is 3.12. The lowest BCUT2D eigenvalue weighted by molar-refractivity contribution is -0.00403. The van der Waals surface area contributed by atoms with Gasteiger partial charge in [-0.3, -0.25) is 9.36 Å². The van der Waals surface area contributed by atoms with Crippen molar-refractivity contribution >= 4 is 11.2 Å². The van der Waals surface area contributed by atoms with Gasteiger partial charge in [-0.25, -0.2) is 9.97 Å². The van der Waals surface area contributed by atoms with Crippen molar-refractivity contribution in [2.45, 2.75) is 52.9 Å². The van der Waals surface area contributed by atoms with E-state index in [0.29, 0.717) is 22.9 Å². The van der Waals surface area contributed by atoms with E-state index in [1.165, 1.54) is 0 Å². The Balaban J connectivity index is 2.13. The summed E-state index contributed by atoms with van der Waals surface area (Å²) in [5.41, 5.74) is 0.828. The normalized spacial score (nSPS) is 26.5. The molecular formula is C14H20N4O2. The molecule has 0 aromatic carbocycles. The zero-order chi connectivity index (χ0) is 14.4. The fraction of sp³-hybridized carbons (Fsp3) is 0.643. The highest BCUT2D eigenvalue weighted by Gasteiger charge is 2.34. The van der Waals surface area contributed by atoms with Crippen LogP contribution in [0.4, 0.5) is 0 Å². The fourth-order valence-electron chi connectivity index (χ4n) is 3.07. The van der Waals surface area contributed by atoms with Crippen LogP contribution in [0, 0.1) is 19.8 Å². The predicted molar refractivity (Wildman–Crippen MR) is 75.6 cm³/mol. The van der Waals surface area contributed by atoms with Gasteiger partial charge in [0.05, 0.1) is 6.10 Å². The molecule has 2 unspecified atom stereocenters. The van der Waals surface area contributed by atoms with Crippen LogP contribution in [0.1, 0.15) is 44.6 Å². The molecule has 6 nitrogen and oxygen atoms in total. The lowest BCUT2D eigenvalue weighted by Crippen LogP contribution is -2.15. The molecule has 20 heavy (non-hydrogen) atoms. The van der Waals surface area contributed by atoms with E-state index in [0.717, 1.165) is 18.7 Å². The quantitative estimate of drug-likeness (QED) is 0.911. The molecule has 2 aromatic rings. The van der Waals surface area contributed by atoms with Gasteiger partial charge in [-0.2, -0.15) is 0 Å². The molecule has 1 N–H and O–H groups in total. The van der Waals surface area contributed by atoms with Crippen LogP contribution < -0.4 is 5.56 Å². The van der Waals surface area contributed by atoms with Gasteiger partial charge in [-0.1, -0.05) is 13.8 Å². The van der Waals surface area contributed by atoms with Crippen LogP contribution in [0.25, 0.3) is 11.2 Å². The Morgan fingerprint density at radius 2 is 2.15 bits per heavy atom. The van der Waals surface area contributed by atoms with E-state index in [1.807, 2.05) is 11.5 Å². The van der Waals surface area contributed by atoms with Crippen LogP contribution in [-0.4, -0.2) is 25.6 Å². The summed E-state index contributed by atoms with van der Waals surface area (Å²) in [5.74, 6) is 1.88. The SMILES string of the molecule is CCC1OC(n2c(C)nc3c(=O)[nH]c(C)nc32)C[C@H]1C. The highest BCUT2D eigenvalue weighted by molar-refractivity contribution is 5.70. The van der Waals surface area contributed by atoms with Crippen molar-refractivity contribution in [3.05, 3.63) is 22.0 Å². The molecule has 3 atom stereocenters. The van der Waals surface area contributed by atoms with Gasteiger partial charge in [-0.05, 0) is 32.6 Å². The molecule has 1 saturated heterocycles. The van der Waals surface area contributed by atoms with E-state index in [4.69, 9.17) is 4.74 Å². The number of aromatic amines is 1. The van der Waals surface area contributed by atoms with Crippen molar-refractivity contribution in [1.82, 2.24) is 19.5 Å². The first-order valence-electron chi connectivity index (χ1n) is 7.12. The largest absolute Gasteiger partial charge is 0.354 e. The average molecular weight is 276 g/mol. The second-order valence-electron chi connectivity index (χ2n) is 5.60. The lowest BCUT2D eigenvalue weighted by Gasteiger charge is -2.16. The fourth-order valence-corrected chi connectivity index (χ4v) is 3.07. The summed E-state index contributed by atoms with van der Waals surface area (Å²) in [6.07, 6.45) is 2.11. The Labute approximate surface area is 117 Å². The first kappa shape index (κ1) is 13.3. The Bertz CT molecular complexity index is 703. The number of ether oxygens (including phenoxy) is 1. The number of aromatic nitrogens is 4. The van der Waals surface area contributed by atoms with Crippen LogP contribution in [0.3, 0.4) is 0 Å². The zero-order valence-corrected chi connectivity index (χ0v) is 12.3. The summed E-state index contributed by atoms with van der Waals surface area (Å²) in [7, 11) is 0. The maximum atomic E-state index is 12.0. The van der Waals surface area contributed by atoms with E-state index in [9.17, 15) is 4.79 Å². The van der Waals surface area contributed by atoms with Gasteiger partial charge >= 0.3 is 0 Å². The second-order valence-corrected chi connectivity index (χ2v) is 5.60. The minimum Gasteiger partial charge on any atom is -0.354 e. The van der Waals surface area contributed by atoms with Crippen molar-refractivity contribution in [3.63, 3.8) is 0 Å². The van der Waals surface area contributed by atoms with E-state index >= 15 is 0 Å². The van der Waals surface area contributed by atoms with Crippen LogP contribution in [-0.2, 0) is 4.74 Å². The number of nitrogens with one attached hydrogen (secondary N) is 1. The summed E-state index contributed by atoms with van der Waals surface area (Å²) in [6.45, 7) is 8.01. The van der Waals surface area contributed by atoms with Crippen molar-refractivity contribution in [3.8, 4) is 0 Å². The minimum atomic E-state index is -0.188. The smallest absolute Gasteiger partial charge is 0.279 e. The number of fused-ring (bicyclic) bond motifs is 1. The highest BCUT2D eigenvalue weighted by Crippen LogP contribution is 2.36. The molecule has 0 radical (unpaired) electrons. The molecule has 1 aliphatic heterocycles. The van der Waals surface area contributed by atoms with Crippen LogP contribution in [0.15, 0.2) is 4.79 Å². The molecule has 0 saturated carbocycles. The standard InChI is InChI=1S/C14H20N4O2/c1-5-10-7(2)6-11(20-10)18-9(4)17-12-13(18)15-8(3)16-14(12)19/h7,10-11H,5-6H2,1-4H3,(H,15,16,19)/t7-,10?,11?/m1/s1. The van der Waals surface area contributed by atoms with Gasteiger partial charge in [0, 0.05) is 0 Å². The molecule has 0 spiro atoms. The summed E-state index contributed by atoms with van der Waals surface area (Å²) in [4.78, 5) is 23.4. The molecule has 3 rings (SSSR count). The number of rotatable bonds is 2. The third-order valence-corrected chi connectivity index (χ3v) is 4.08. The maximum Gasteiger partial charge on any atom is 0.279 e. The van der Waals surface area contributed by atoms with Gasteiger partial charge in [0.2, 0.25) is 0 Å². The monoisotopic (exact) mass is 276 g/mol. The number of hydrogen-bond acceptors (Lipinski definition) is 4. The van der Waals surface area contributed by atoms with E-state index in [-0.39, 0.29) is 17.9 Å². The topological polar surface area (TPSA) is 72.8 Å². The predicted octanol–water partition coefficient (Wildman–Crippen LogP) is 2.07. The number of hydrogen-bond donors (Lipinski definition) is 1. The van der Waals surface area contributed by atoms with Gasteiger partial charge in [0.25, 0.3) is 5.56 Å². The third kappa shape index (κ3) is 1.95. The molecule has 3 heterocycles. The number of aryl methyl sites for hydroxylation is 2. The molecule has 0 bridgehead atoms. The van der Waals surface area contributed by atoms with Gasteiger partial charge in [-0.15, -0.1) is 0 Å². The molecule has 108 valence electrons. The molecule has 2 aromatic heterocycles. The first-order chi connectivity index (χ1) is 9.51. The average Bonchev–Trinajstić information content (AvgIpc) is 2.89. The molecule has 6 heteroatoms. The van der Waals surface area contributed by atoms with Gasteiger partial charge in [0.15, 0.2) is 11.2 Å². The molecule has 0 aliphatic carbocycles. The molecule has 1 aliphatic rings. The van der Waals surface area contributed by atoms with Crippen molar-refractivity contribution in [1.29, 1.82) is 0 Å². The van der Waals surface area contributed by atoms with E-state index in [1.54, 1.807) is 6.92 Å². The van der Waals surface area contributed by atoms with Crippen molar-refractivity contribution < 1.29 is 4.74 Å². The Morgan fingerprint density at radius 3 is 2.80 bits per heavy atom. The molecule has 0 amide bonds. The first-order valence-corrected chi connectivity index (χ1v) is 7.12. The second kappa shape index (κ2) is 4.70. The number of imidazole rings is 1. The van der Waals surface area contributed by atoms with Crippen LogP contribution in [0.5, 0.6) is 0 Å². The maximum absolute atomic E-state index is 12.0. The van der Waals surface area contributed by atoms with Crippen molar-refractivity contribution in [2.75, 3.05) is 0 Å². The third-order valence-electron chi connectivity index (χ3n) is 4.08. The summed E-state index contributed by atoms with van der Waals surface area (Å²) >= 11 is 0. The Hall–Kier alpha value is -1.69. The van der Waals surface area contributed by atoms with E-state index < -0.39 is 0 Å². The van der Waals surface area contributed by atoms with Gasteiger partial charge in [0.1, 0.15) is 17.9 Å². The summed E-state index contributed by atoms with van der Waals surface area (Å²) < 4.78 is 8.07. The molecule has 1 fully saturated rings. The van der Waals surface area contributed by atoms with E-state index in [2.05, 4.69) is 28.8 Å².